The van der Waals surface area contributed by atoms with Gasteiger partial charge in [0.15, 0.2) is 17.5 Å². The first kappa shape index (κ1) is 20.6. The van der Waals surface area contributed by atoms with E-state index >= 15 is 0 Å². The molecule has 0 radical (unpaired) electrons. The van der Waals surface area contributed by atoms with E-state index in [0.717, 1.165) is 42.5 Å². The molecule has 1 heterocycles. The van der Waals surface area contributed by atoms with E-state index in [9.17, 15) is 0 Å². The van der Waals surface area contributed by atoms with Gasteiger partial charge in [0, 0.05) is 30.2 Å². The van der Waals surface area contributed by atoms with Crippen LogP contribution in [0.4, 0.5) is 0 Å². The molecule has 0 saturated heterocycles. The molecule has 3 aromatic rings. The van der Waals surface area contributed by atoms with Crippen LogP contribution >= 0.6 is 0 Å². The zero-order valence-electron chi connectivity index (χ0n) is 17.4. The van der Waals surface area contributed by atoms with E-state index < -0.39 is 0 Å². The van der Waals surface area contributed by atoms with Gasteiger partial charge in [-0.1, -0.05) is 24.3 Å². The second kappa shape index (κ2) is 10.4. The molecule has 6 heteroatoms. The summed E-state index contributed by atoms with van der Waals surface area (Å²) in [4.78, 5) is 8.04. The van der Waals surface area contributed by atoms with Crippen LogP contribution in [0.5, 0.6) is 11.5 Å². The smallest absolute Gasteiger partial charge is 0.191 e. The number of aromatic amines is 1. The predicted octanol–water partition coefficient (Wildman–Crippen LogP) is 3.87. The summed E-state index contributed by atoms with van der Waals surface area (Å²) in [5, 5.41) is 8.01. The summed E-state index contributed by atoms with van der Waals surface area (Å²) in [7, 11) is 1.65. The third-order valence-electron chi connectivity index (χ3n) is 4.65. The predicted molar refractivity (Wildman–Crippen MR) is 119 cm³/mol. The van der Waals surface area contributed by atoms with Crippen molar-refractivity contribution in [3.05, 3.63) is 59.8 Å². The van der Waals surface area contributed by atoms with Crippen LogP contribution in [0.3, 0.4) is 0 Å². The van der Waals surface area contributed by atoms with E-state index in [1.165, 1.54) is 16.5 Å². The zero-order chi connectivity index (χ0) is 20.5. The first-order valence-electron chi connectivity index (χ1n) is 10.1. The first-order chi connectivity index (χ1) is 14.2. The van der Waals surface area contributed by atoms with Gasteiger partial charge < -0.3 is 25.1 Å². The van der Waals surface area contributed by atoms with Crippen LogP contribution in [0.25, 0.3) is 10.9 Å². The Balaban J connectivity index is 1.61. The number of para-hydroxylation sites is 1. The number of aromatic nitrogens is 1. The van der Waals surface area contributed by atoms with Gasteiger partial charge >= 0.3 is 0 Å². The highest BCUT2D eigenvalue weighted by Gasteiger charge is 2.06. The maximum Gasteiger partial charge on any atom is 0.191 e. The Hall–Kier alpha value is -3.15. The number of ether oxygens (including phenoxy) is 2. The molecule has 0 aliphatic heterocycles. The van der Waals surface area contributed by atoms with Crippen molar-refractivity contribution in [1.82, 2.24) is 15.6 Å². The molecule has 0 aliphatic rings. The Labute approximate surface area is 172 Å². The number of H-pyrrole nitrogens is 1. The van der Waals surface area contributed by atoms with Gasteiger partial charge in [-0.3, -0.25) is 0 Å². The number of guanidine groups is 1. The normalized spacial score (nSPS) is 11.5. The maximum absolute atomic E-state index is 5.66. The Kier molecular flexibility index (Phi) is 7.39. The highest BCUT2D eigenvalue weighted by molar-refractivity contribution is 5.83. The molecule has 3 N–H and O–H groups in total. The van der Waals surface area contributed by atoms with Gasteiger partial charge in [0.2, 0.25) is 0 Å². The fourth-order valence-electron chi connectivity index (χ4n) is 3.25. The summed E-state index contributed by atoms with van der Waals surface area (Å²) in [5.74, 6) is 2.30. The molecule has 6 nitrogen and oxygen atoms in total. The van der Waals surface area contributed by atoms with Crippen molar-refractivity contribution in [2.75, 3.05) is 26.8 Å². The van der Waals surface area contributed by atoms with Gasteiger partial charge in [-0.05, 0) is 49.6 Å². The minimum atomic E-state index is 0.562. The van der Waals surface area contributed by atoms with Crippen molar-refractivity contribution in [3.8, 4) is 11.5 Å². The number of benzene rings is 2. The fraction of sp³-hybridized carbons (Fsp3) is 0.348. The molecule has 2 aromatic carbocycles. The molecule has 0 spiro atoms. The Morgan fingerprint density at radius 3 is 2.72 bits per heavy atom. The van der Waals surface area contributed by atoms with Crippen LogP contribution in [0.15, 0.2) is 53.7 Å². The lowest BCUT2D eigenvalue weighted by Crippen LogP contribution is -2.38. The van der Waals surface area contributed by atoms with Crippen LogP contribution in [-0.2, 0) is 13.0 Å². The minimum absolute atomic E-state index is 0.562. The van der Waals surface area contributed by atoms with Gasteiger partial charge in [-0.25, -0.2) is 4.99 Å². The molecule has 0 unspecified atom stereocenters. The monoisotopic (exact) mass is 394 g/mol. The van der Waals surface area contributed by atoms with Crippen molar-refractivity contribution in [1.29, 1.82) is 0 Å². The summed E-state index contributed by atoms with van der Waals surface area (Å²) in [6.07, 6.45) is 3.01. The lowest BCUT2D eigenvalue weighted by Gasteiger charge is -2.12. The first-order valence-corrected chi connectivity index (χ1v) is 10.1. The summed E-state index contributed by atoms with van der Waals surface area (Å²) in [5.41, 5.74) is 3.55. The van der Waals surface area contributed by atoms with Crippen molar-refractivity contribution < 1.29 is 9.47 Å². The molecule has 3 rings (SSSR count). The van der Waals surface area contributed by atoms with Crippen molar-refractivity contribution in [2.24, 2.45) is 4.99 Å². The largest absolute Gasteiger partial charge is 0.493 e. The average molecular weight is 395 g/mol. The molecule has 0 atom stereocenters. The molecule has 0 saturated carbocycles. The lowest BCUT2D eigenvalue weighted by atomic mass is 10.1. The molecule has 0 aliphatic carbocycles. The van der Waals surface area contributed by atoms with Gasteiger partial charge in [0.05, 0.1) is 20.3 Å². The van der Waals surface area contributed by atoms with Gasteiger partial charge in [0.1, 0.15) is 0 Å². The fourth-order valence-corrected chi connectivity index (χ4v) is 3.25. The van der Waals surface area contributed by atoms with Crippen molar-refractivity contribution in [2.45, 2.75) is 26.8 Å². The number of methoxy groups -OCH3 is 1. The topological polar surface area (TPSA) is 70.7 Å². The SMILES string of the molecule is CCNC(=NCc1ccc(OC)c(OCC)c1)NCCc1c[nH]c2ccccc12. The van der Waals surface area contributed by atoms with Crippen LogP contribution < -0.4 is 20.1 Å². The minimum Gasteiger partial charge on any atom is -0.493 e. The number of nitrogens with one attached hydrogen (secondary N) is 3. The van der Waals surface area contributed by atoms with Crippen LogP contribution in [-0.4, -0.2) is 37.7 Å². The van der Waals surface area contributed by atoms with Crippen molar-refractivity contribution >= 4 is 16.9 Å². The summed E-state index contributed by atoms with van der Waals surface area (Å²) in [6.45, 7) is 6.81. The number of rotatable bonds is 9. The summed E-state index contributed by atoms with van der Waals surface area (Å²) < 4.78 is 11.0. The van der Waals surface area contributed by atoms with Crippen LogP contribution in [0.2, 0.25) is 0 Å². The standard InChI is InChI=1S/C23H30N4O2/c1-4-24-23(25-13-12-18-16-26-20-9-7-6-8-19(18)20)27-15-17-10-11-21(28-3)22(14-17)29-5-2/h6-11,14,16,26H,4-5,12-13,15H2,1-3H3,(H2,24,25,27). The van der Waals surface area contributed by atoms with Crippen LogP contribution in [0, 0.1) is 0 Å². The molecule has 0 bridgehead atoms. The molecule has 0 fully saturated rings. The molecule has 154 valence electrons. The highest BCUT2D eigenvalue weighted by atomic mass is 16.5. The van der Waals surface area contributed by atoms with E-state index in [4.69, 9.17) is 14.5 Å². The average Bonchev–Trinajstić information content (AvgIpc) is 3.15. The number of fused-ring (bicyclic) bond motifs is 1. The Bertz CT molecular complexity index is 949. The zero-order valence-corrected chi connectivity index (χ0v) is 17.4. The highest BCUT2D eigenvalue weighted by Crippen LogP contribution is 2.28. The number of hydrogen-bond donors (Lipinski definition) is 3. The third kappa shape index (κ3) is 5.44. The molecule has 29 heavy (non-hydrogen) atoms. The quantitative estimate of drug-likeness (QED) is 0.381. The molecular formula is C23H30N4O2. The third-order valence-corrected chi connectivity index (χ3v) is 4.65. The van der Waals surface area contributed by atoms with E-state index in [1.54, 1.807) is 7.11 Å². The number of aliphatic imine (C=N–C) groups is 1. The van der Waals surface area contributed by atoms with Gasteiger partial charge in [-0.2, -0.15) is 0 Å². The number of hydrogen-bond acceptors (Lipinski definition) is 3. The summed E-state index contributed by atoms with van der Waals surface area (Å²) >= 11 is 0. The van der Waals surface area contributed by atoms with E-state index in [2.05, 4.69) is 46.9 Å². The molecular weight excluding hydrogens is 364 g/mol. The van der Waals surface area contributed by atoms with Crippen LogP contribution in [0.1, 0.15) is 25.0 Å². The Morgan fingerprint density at radius 1 is 1.07 bits per heavy atom. The second-order valence-electron chi connectivity index (χ2n) is 6.65. The van der Waals surface area contributed by atoms with E-state index in [-0.39, 0.29) is 0 Å². The summed E-state index contributed by atoms with van der Waals surface area (Å²) in [6, 6.07) is 14.3. The molecule has 0 amide bonds. The van der Waals surface area contributed by atoms with Crippen molar-refractivity contribution in [3.63, 3.8) is 0 Å². The second-order valence-corrected chi connectivity index (χ2v) is 6.65. The van der Waals surface area contributed by atoms with Gasteiger partial charge in [0.25, 0.3) is 0 Å². The van der Waals surface area contributed by atoms with Gasteiger partial charge in [-0.15, -0.1) is 0 Å². The van der Waals surface area contributed by atoms with E-state index in [1.807, 2.05) is 31.2 Å². The molecule has 1 aromatic heterocycles. The number of nitrogens with zero attached hydrogens (tertiary/aromatic N) is 1. The Morgan fingerprint density at radius 2 is 1.93 bits per heavy atom. The maximum atomic E-state index is 5.66. The van der Waals surface area contributed by atoms with E-state index in [0.29, 0.717) is 13.2 Å². The lowest BCUT2D eigenvalue weighted by molar-refractivity contribution is 0.310.